The highest BCUT2D eigenvalue weighted by Crippen LogP contribution is 2.39. The molecule has 1 aromatic heterocycles. The lowest BCUT2D eigenvalue weighted by Crippen LogP contribution is -2.44. The van der Waals surface area contributed by atoms with Gasteiger partial charge in [0.2, 0.25) is 5.13 Å². The Kier molecular flexibility index (Phi) is 2.59. The molecule has 2 unspecified atom stereocenters. The van der Waals surface area contributed by atoms with Crippen LogP contribution in [0.2, 0.25) is 0 Å². The number of nitrogens with zero attached hydrogens (tertiary/aromatic N) is 3. The van der Waals surface area contributed by atoms with E-state index in [1.54, 1.807) is 0 Å². The number of aryl methyl sites for hydroxylation is 1. The van der Waals surface area contributed by atoms with Gasteiger partial charge in [-0.25, -0.2) is 4.98 Å². The topological polar surface area (TPSA) is 49.2 Å². The van der Waals surface area contributed by atoms with E-state index in [4.69, 9.17) is 0 Å². The summed E-state index contributed by atoms with van der Waals surface area (Å²) < 4.78 is 4.35. The van der Waals surface area contributed by atoms with Gasteiger partial charge in [0.25, 0.3) is 0 Å². The first-order valence-corrected chi connectivity index (χ1v) is 6.84. The van der Waals surface area contributed by atoms with Crippen molar-refractivity contribution in [3.63, 3.8) is 0 Å². The zero-order chi connectivity index (χ0) is 11.1. The van der Waals surface area contributed by atoms with Gasteiger partial charge in [-0.1, -0.05) is 6.92 Å². The Balaban J connectivity index is 1.85. The van der Waals surface area contributed by atoms with Crippen LogP contribution in [0.25, 0.3) is 0 Å². The number of hydrogen-bond donors (Lipinski definition) is 1. The van der Waals surface area contributed by atoms with Gasteiger partial charge >= 0.3 is 0 Å². The molecule has 0 amide bonds. The molecule has 2 aliphatic heterocycles. The fourth-order valence-electron chi connectivity index (χ4n) is 2.95. The van der Waals surface area contributed by atoms with E-state index in [1.807, 2.05) is 0 Å². The fourth-order valence-corrected chi connectivity index (χ4v) is 3.85. The molecule has 1 N–H and O–H groups in total. The Morgan fingerprint density at radius 3 is 2.62 bits per heavy atom. The van der Waals surface area contributed by atoms with Gasteiger partial charge in [0, 0.05) is 30.0 Å². The highest BCUT2D eigenvalue weighted by atomic mass is 32.1. The van der Waals surface area contributed by atoms with Gasteiger partial charge in [-0.3, -0.25) is 0 Å². The maximum Gasteiger partial charge on any atom is 0.205 e. The lowest BCUT2D eigenvalue weighted by Gasteiger charge is -2.36. The van der Waals surface area contributed by atoms with Crippen LogP contribution in [0, 0.1) is 0 Å². The molecule has 2 aliphatic rings. The number of piperidine rings is 1. The van der Waals surface area contributed by atoms with E-state index in [0.717, 1.165) is 30.2 Å². The zero-order valence-electron chi connectivity index (χ0n) is 9.46. The molecule has 16 heavy (non-hydrogen) atoms. The molecule has 2 atom stereocenters. The van der Waals surface area contributed by atoms with E-state index in [2.05, 4.69) is 21.2 Å². The monoisotopic (exact) mass is 239 g/mol. The minimum atomic E-state index is -0.104. The minimum absolute atomic E-state index is 0.104. The summed E-state index contributed by atoms with van der Waals surface area (Å²) in [6.45, 7) is 2.08. The Labute approximate surface area is 99.5 Å². The molecule has 0 radical (unpaired) electrons. The lowest BCUT2D eigenvalue weighted by molar-refractivity contribution is 0.126. The van der Waals surface area contributed by atoms with Crippen LogP contribution < -0.4 is 4.90 Å². The van der Waals surface area contributed by atoms with Crippen LogP contribution in [0.1, 0.15) is 38.4 Å². The summed E-state index contributed by atoms with van der Waals surface area (Å²) in [5.41, 5.74) is 0. The lowest BCUT2D eigenvalue weighted by atomic mass is 10.0. The summed E-state index contributed by atoms with van der Waals surface area (Å²) in [7, 11) is 0. The molecule has 2 saturated heterocycles. The predicted molar refractivity (Wildman–Crippen MR) is 63.8 cm³/mol. The summed E-state index contributed by atoms with van der Waals surface area (Å²) in [6.07, 6.45) is 5.00. The Bertz CT molecular complexity index is 367. The summed E-state index contributed by atoms with van der Waals surface area (Å²) >= 11 is 1.51. The quantitative estimate of drug-likeness (QED) is 0.851. The normalized spacial score (nSPS) is 33.4. The van der Waals surface area contributed by atoms with Crippen LogP contribution in [0.5, 0.6) is 0 Å². The number of aliphatic hydroxyl groups is 1. The first-order chi connectivity index (χ1) is 7.78. The third-order valence-electron chi connectivity index (χ3n) is 3.70. The van der Waals surface area contributed by atoms with Gasteiger partial charge in [0.15, 0.2) is 0 Å². The average Bonchev–Trinajstić information content (AvgIpc) is 2.81. The van der Waals surface area contributed by atoms with Gasteiger partial charge in [-0.2, -0.15) is 4.37 Å². The van der Waals surface area contributed by atoms with Crippen LogP contribution in [-0.4, -0.2) is 32.7 Å². The maximum atomic E-state index is 9.75. The molecule has 2 bridgehead atoms. The number of anilines is 1. The molecule has 0 saturated carbocycles. The first-order valence-electron chi connectivity index (χ1n) is 6.07. The average molecular weight is 239 g/mol. The molecule has 0 aliphatic carbocycles. The Morgan fingerprint density at radius 2 is 2.06 bits per heavy atom. The van der Waals surface area contributed by atoms with E-state index in [-0.39, 0.29) is 6.10 Å². The van der Waals surface area contributed by atoms with Crippen molar-refractivity contribution in [1.29, 1.82) is 0 Å². The van der Waals surface area contributed by atoms with Crippen molar-refractivity contribution in [2.24, 2.45) is 0 Å². The second kappa shape index (κ2) is 3.96. The summed E-state index contributed by atoms with van der Waals surface area (Å²) in [5.74, 6) is 0.950. The van der Waals surface area contributed by atoms with Crippen molar-refractivity contribution in [2.75, 3.05) is 4.90 Å². The molecular formula is C11H17N3OS. The van der Waals surface area contributed by atoms with Crippen molar-refractivity contribution >= 4 is 16.7 Å². The largest absolute Gasteiger partial charge is 0.393 e. The number of hydrogen-bond acceptors (Lipinski definition) is 5. The van der Waals surface area contributed by atoms with Gasteiger partial charge in [-0.15, -0.1) is 0 Å². The standard InChI is InChI=1S/C11H17N3OS/c1-2-10-12-11(16-13-10)14-7-3-4-8(14)6-9(15)5-7/h7-9,15H,2-6H2,1H3. The molecular weight excluding hydrogens is 222 g/mol. The minimum Gasteiger partial charge on any atom is -0.393 e. The summed E-state index contributed by atoms with van der Waals surface area (Å²) in [4.78, 5) is 6.98. The van der Waals surface area contributed by atoms with Crippen LogP contribution in [0.15, 0.2) is 0 Å². The van der Waals surface area contributed by atoms with Crippen LogP contribution >= 0.6 is 11.5 Å². The third-order valence-corrected chi connectivity index (χ3v) is 4.47. The Hall–Kier alpha value is -0.680. The molecule has 1 aromatic rings. The van der Waals surface area contributed by atoms with Gasteiger partial charge in [0.1, 0.15) is 5.82 Å². The molecule has 88 valence electrons. The fraction of sp³-hybridized carbons (Fsp3) is 0.818. The maximum absolute atomic E-state index is 9.75. The molecule has 3 rings (SSSR count). The zero-order valence-corrected chi connectivity index (χ0v) is 10.3. The van der Waals surface area contributed by atoms with Crippen molar-refractivity contribution in [3.05, 3.63) is 5.82 Å². The van der Waals surface area contributed by atoms with Crippen LogP contribution in [0.4, 0.5) is 5.13 Å². The van der Waals surface area contributed by atoms with E-state index < -0.39 is 0 Å². The van der Waals surface area contributed by atoms with Gasteiger partial charge in [0.05, 0.1) is 6.10 Å². The van der Waals surface area contributed by atoms with Gasteiger partial charge < -0.3 is 10.0 Å². The summed E-state index contributed by atoms with van der Waals surface area (Å²) in [5, 5.41) is 10.8. The third kappa shape index (κ3) is 1.62. The molecule has 0 spiro atoms. The smallest absolute Gasteiger partial charge is 0.205 e. The van der Waals surface area contributed by atoms with E-state index >= 15 is 0 Å². The molecule has 4 nitrogen and oxygen atoms in total. The van der Waals surface area contributed by atoms with Crippen molar-refractivity contribution in [2.45, 2.75) is 57.2 Å². The number of aromatic nitrogens is 2. The highest BCUT2D eigenvalue weighted by molar-refractivity contribution is 7.09. The van der Waals surface area contributed by atoms with Crippen molar-refractivity contribution in [1.82, 2.24) is 9.36 Å². The second-order valence-electron chi connectivity index (χ2n) is 4.76. The summed E-state index contributed by atoms with van der Waals surface area (Å²) in [6, 6.07) is 0.984. The molecule has 0 aromatic carbocycles. The number of rotatable bonds is 2. The first kappa shape index (κ1) is 10.5. The van der Waals surface area contributed by atoms with Crippen molar-refractivity contribution in [3.8, 4) is 0 Å². The van der Waals surface area contributed by atoms with Gasteiger partial charge in [-0.05, 0) is 25.7 Å². The predicted octanol–water partition coefficient (Wildman–Crippen LogP) is 1.59. The second-order valence-corrected chi connectivity index (χ2v) is 5.49. The molecule has 5 heteroatoms. The Morgan fingerprint density at radius 1 is 1.38 bits per heavy atom. The molecule has 2 fully saturated rings. The van der Waals surface area contributed by atoms with Crippen molar-refractivity contribution < 1.29 is 5.11 Å². The van der Waals surface area contributed by atoms with Crippen LogP contribution in [0.3, 0.4) is 0 Å². The number of aliphatic hydroxyl groups excluding tert-OH is 1. The molecule has 3 heterocycles. The SMILES string of the molecule is CCc1nsc(N2C3CCC2CC(O)C3)n1. The highest BCUT2D eigenvalue weighted by Gasteiger charge is 2.41. The van der Waals surface area contributed by atoms with Crippen LogP contribution in [-0.2, 0) is 6.42 Å². The van der Waals surface area contributed by atoms with E-state index in [0.29, 0.717) is 12.1 Å². The number of fused-ring (bicyclic) bond motifs is 2. The van der Waals surface area contributed by atoms with E-state index in [1.165, 1.54) is 24.4 Å². The van der Waals surface area contributed by atoms with E-state index in [9.17, 15) is 5.11 Å².